The molecule has 0 saturated carbocycles. The van der Waals surface area contributed by atoms with Gasteiger partial charge in [-0.3, -0.25) is 4.79 Å². The van der Waals surface area contributed by atoms with Crippen molar-refractivity contribution in [3.63, 3.8) is 0 Å². The molecule has 10 heteroatoms. The first kappa shape index (κ1) is 25.4. The number of ether oxygens (including phenoxy) is 1. The van der Waals surface area contributed by atoms with Crippen molar-refractivity contribution in [2.75, 3.05) is 6.54 Å². The van der Waals surface area contributed by atoms with Crippen LogP contribution in [0.15, 0.2) is 70.3 Å². The van der Waals surface area contributed by atoms with Crippen LogP contribution < -0.4 is 4.74 Å². The molecule has 2 aromatic carbocycles. The van der Waals surface area contributed by atoms with Gasteiger partial charge in [0.15, 0.2) is 5.78 Å². The van der Waals surface area contributed by atoms with E-state index < -0.39 is 27.8 Å². The van der Waals surface area contributed by atoms with E-state index in [-0.39, 0.29) is 23.0 Å². The first-order chi connectivity index (χ1) is 16.6. The SMILES string of the molecule is O=C(CCc1cccc(OCc2ccc(C(F)(F)F)cc2)c1)[C@@H]1CCCN1S(=O)(=O)c1cccs1. The van der Waals surface area contributed by atoms with Crippen LogP contribution in [-0.2, 0) is 34.0 Å². The fourth-order valence-corrected chi connectivity index (χ4v) is 6.85. The molecule has 0 N–H and O–H groups in total. The van der Waals surface area contributed by atoms with E-state index in [4.69, 9.17) is 4.74 Å². The van der Waals surface area contributed by atoms with Crippen molar-refractivity contribution in [2.24, 2.45) is 0 Å². The number of ketones is 1. The van der Waals surface area contributed by atoms with Crippen molar-refractivity contribution in [3.8, 4) is 5.75 Å². The highest BCUT2D eigenvalue weighted by Gasteiger charge is 2.39. The number of rotatable bonds is 9. The Kier molecular flexibility index (Phi) is 7.63. The summed E-state index contributed by atoms with van der Waals surface area (Å²) >= 11 is 1.14. The van der Waals surface area contributed by atoms with Crippen LogP contribution in [0, 0.1) is 0 Å². The van der Waals surface area contributed by atoms with Crippen LogP contribution in [0.1, 0.15) is 36.0 Å². The van der Waals surface area contributed by atoms with E-state index in [0.717, 1.165) is 29.0 Å². The monoisotopic (exact) mass is 523 g/mol. The molecule has 0 unspecified atom stereocenters. The molecule has 0 bridgehead atoms. The van der Waals surface area contributed by atoms with E-state index in [9.17, 15) is 26.4 Å². The molecular weight excluding hydrogens is 499 g/mol. The second kappa shape index (κ2) is 10.5. The third-order valence-electron chi connectivity index (χ3n) is 5.88. The zero-order valence-corrected chi connectivity index (χ0v) is 20.3. The van der Waals surface area contributed by atoms with Gasteiger partial charge in [0, 0.05) is 13.0 Å². The molecule has 1 atom stereocenters. The molecule has 0 radical (unpaired) electrons. The Hall–Kier alpha value is -2.69. The Balaban J connectivity index is 1.33. The van der Waals surface area contributed by atoms with Crippen molar-refractivity contribution in [1.29, 1.82) is 0 Å². The minimum Gasteiger partial charge on any atom is -0.489 e. The molecule has 5 nitrogen and oxygen atoms in total. The molecule has 1 saturated heterocycles. The van der Waals surface area contributed by atoms with E-state index in [2.05, 4.69) is 0 Å². The van der Waals surface area contributed by atoms with Crippen LogP contribution in [0.2, 0.25) is 0 Å². The number of hydrogen-bond donors (Lipinski definition) is 0. The fourth-order valence-electron chi connectivity index (χ4n) is 4.06. The number of sulfonamides is 1. The molecular formula is C25H24F3NO4S2. The Labute approximate surface area is 206 Å². The maximum atomic E-state index is 12.9. The summed E-state index contributed by atoms with van der Waals surface area (Å²) in [5.41, 5.74) is 0.748. The highest BCUT2D eigenvalue weighted by molar-refractivity contribution is 7.91. The van der Waals surface area contributed by atoms with Crippen molar-refractivity contribution in [1.82, 2.24) is 4.31 Å². The van der Waals surface area contributed by atoms with Gasteiger partial charge in [-0.15, -0.1) is 11.3 Å². The van der Waals surface area contributed by atoms with Crippen LogP contribution in [0.25, 0.3) is 0 Å². The van der Waals surface area contributed by atoms with Gasteiger partial charge in [-0.2, -0.15) is 17.5 Å². The van der Waals surface area contributed by atoms with Gasteiger partial charge in [-0.1, -0.05) is 30.3 Å². The van der Waals surface area contributed by atoms with Crippen LogP contribution in [0.3, 0.4) is 0 Å². The van der Waals surface area contributed by atoms with E-state index in [0.29, 0.717) is 37.1 Å². The number of alkyl halides is 3. The Morgan fingerprint density at radius 3 is 2.51 bits per heavy atom. The van der Waals surface area contributed by atoms with Gasteiger partial charge >= 0.3 is 6.18 Å². The molecule has 0 spiro atoms. The fraction of sp³-hybridized carbons (Fsp3) is 0.320. The zero-order chi connectivity index (χ0) is 25.1. The van der Waals surface area contributed by atoms with Gasteiger partial charge in [0.25, 0.3) is 10.0 Å². The van der Waals surface area contributed by atoms with E-state index in [1.54, 1.807) is 35.7 Å². The number of carbonyl (C=O) groups excluding carboxylic acids is 1. The van der Waals surface area contributed by atoms with Crippen LogP contribution in [-0.4, -0.2) is 31.1 Å². The smallest absolute Gasteiger partial charge is 0.416 e. The summed E-state index contributed by atoms with van der Waals surface area (Å²) in [7, 11) is -3.68. The van der Waals surface area contributed by atoms with Crippen molar-refractivity contribution < 1.29 is 31.1 Å². The van der Waals surface area contributed by atoms with Crippen LogP contribution >= 0.6 is 11.3 Å². The first-order valence-electron chi connectivity index (χ1n) is 11.1. The average Bonchev–Trinajstić information content (AvgIpc) is 3.54. The second-order valence-corrected chi connectivity index (χ2v) is 11.4. The largest absolute Gasteiger partial charge is 0.489 e. The number of Topliss-reactive ketones (excluding diaryl/α,β-unsaturated/α-hetero) is 1. The molecule has 1 aromatic heterocycles. The van der Waals surface area contributed by atoms with Crippen LogP contribution in [0.4, 0.5) is 13.2 Å². The summed E-state index contributed by atoms with van der Waals surface area (Å²) in [6.45, 7) is 0.446. The van der Waals surface area contributed by atoms with Crippen LogP contribution in [0.5, 0.6) is 5.75 Å². The normalized spacial score (nSPS) is 16.9. The topological polar surface area (TPSA) is 63.7 Å². The number of nitrogens with zero attached hydrogens (tertiary/aromatic N) is 1. The molecule has 4 rings (SSSR count). The van der Waals surface area contributed by atoms with Gasteiger partial charge in [0.1, 0.15) is 16.6 Å². The lowest BCUT2D eigenvalue weighted by Gasteiger charge is -2.22. The molecule has 186 valence electrons. The van der Waals surface area contributed by atoms with Crippen molar-refractivity contribution >= 4 is 27.1 Å². The summed E-state index contributed by atoms with van der Waals surface area (Å²) in [5, 5.41) is 1.70. The van der Waals surface area contributed by atoms with Crippen molar-refractivity contribution in [2.45, 2.75) is 48.7 Å². The maximum Gasteiger partial charge on any atom is 0.416 e. The lowest BCUT2D eigenvalue weighted by Crippen LogP contribution is -2.40. The minimum absolute atomic E-state index is 0.109. The third kappa shape index (κ3) is 6.12. The number of hydrogen-bond acceptors (Lipinski definition) is 5. The number of benzene rings is 2. The summed E-state index contributed by atoms with van der Waals surface area (Å²) < 4.78 is 71.2. The molecule has 0 amide bonds. The predicted molar refractivity (Wildman–Crippen MR) is 127 cm³/mol. The second-order valence-electron chi connectivity index (χ2n) is 8.30. The van der Waals surface area contributed by atoms with Gasteiger partial charge in [0.2, 0.25) is 0 Å². The molecule has 1 fully saturated rings. The van der Waals surface area contributed by atoms with Gasteiger partial charge < -0.3 is 4.74 Å². The van der Waals surface area contributed by atoms with Gasteiger partial charge in [-0.05, 0) is 66.1 Å². The highest BCUT2D eigenvalue weighted by atomic mass is 32.2. The van der Waals surface area contributed by atoms with E-state index >= 15 is 0 Å². The zero-order valence-electron chi connectivity index (χ0n) is 18.7. The molecule has 3 aromatic rings. The number of aryl methyl sites for hydroxylation is 1. The molecule has 2 heterocycles. The third-order valence-corrected chi connectivity index (χ3v) is 9.16. The van der Waals surface area contributed by atoms with Crippen molar-refractivity contribution in [3.05, 3.63) is 82.7 Å². The molecule has 1 aliphatic heterocycles. The number of thiophene rings is 1. The summed E-state index contributed by atoms with van der Waals surface area (Å²) in [6, 6.07) is 14.5. The summed E-state index contributed by atoms with van der Waals surface area (Å²) in [5.74, 6) is 0.427. The number of halogens is 3. The standard InChI is InChI=1S/C25H24F3NO4S2/c26-25(27,28)20-11-8-19(9-12-20)17-33-21-5-1-4-18(16-21)10-13-23(30)22-6-2-14-29(22)35(31,32)24-7-3-15-34-24/h1,3-5,7-9,11-12,15-16,22H,2,6,10,13-14,17H2/t22-/m0/s1. The molecule has 0 aliphatic carbocycles. The van der Waals surface area contributed by atoms with Gasteiger partial charge in [-0.25, -0.2) is 8.42 Å². The van der Waals surface area contributed by atoms with E-state index in [1.807, 2.05) is 6.07 Å². The van der Waals surface area contributed by atoms with Gasteiger partial charge in [0.05, 0.1) is 11.6 Å². The summed E-state index contributed by atoms with van der Waals surface area (Å²) in [6.07, 6.45) is -2.59. The average molecular weight is 524 g/mol. The van der Waals surface area contributed by atoms with E-state index in [1.165, 1.54) is 16.4 Å². The lowest BCUT2D eigenvalue weighted by atomic mass is 10.0. The molecule has 35 heavy (non-hydrogen) atoms. The maximum absolute atomic E-state index is 12.9. The number of carbonyl (C=O) groups is 1. The first-order valence-corrected chi connectivity index (χ1v) is 13.4. The Morgan fingerprint density at radius 2 is 1.83 bits per heavy atom. The molecule has 1 aliphatic rings. The quantitative estimate of drug-likeness (QED) is 0.361. The summed E-state index contributed by atoms with van der Waals surface area (Å²) in [4.78, 5) is 12.9. The lowest BCUT2D eigenvalue weighted by molar-refractivity contribution is -0.137. The minimum atomic E-state index is -4.38. The Bertz CT molecular complexity index is 1260. The Morgan fingerprint density at radius 1 is 1.06 bits per heavy atom. The predicted octanol–water partition coefficient (Wildman–Crippen LogP) is 5.70. The highest BCUT2D eigenvalue weighted by Crippen LogP contribution is 2.31.